The quantitative estimate of drug-likeness (QED) is 0.680. The van der Waals surface area contributed by atoms with Crippen molar-refractivity contribution in [2.75, 3.05) is 13.1 Å². The van der Waals surface area contributed by atoms with E-state index in [1.165, 1.54) is 4.90 Å². The number of aromatic amines is 1. The fourth-order valence-corrected chi connectivity index (χ4v) is 3.35. The number of amides is 3. The Morgan fingerprint density at radius 1 is 1.30 bits per heavy atom. The Morgan fingerprint density at radius 3 is 2.78 bits per heavy atom. The minimum atomic E-state index is -0.633. The first kappa shape index (κ1) is 18.7. The number of nitrogens with one attached hydrogen (secondary N) is 3. The average molecular weight is 372 g/mol. The van der Waals surface area contributed by atoms with E-state index in [-0.39, 0.29) is 30.3 Å². The lowest BCUT2D eigenvalue weighted by atomic mass is 10.1. The van der Waals surface area contributed by atoms with Gasteiger partial charge in [0.15, 0.2) is 0 Å². The molecule has 1 saturated heterocycles. The first-order valence-corrected chi connectivity index (χ1v) is 9.09. The van der Waals surface area contributed by atoms with Gasteiger partial charge in [-0.1, -0.05) is 0 Å². The molecule has 2 atom stereocenters. The summed E-state index contributed by atoms with van der Waals surface area (Å²) in [5.74, 6) is -0.736. The SMILES string of the molecule is CCNC(=O)[C@@H]1C[C@H](NC(=O)c2ccc[nH]2)CN1C(=O)c1ccnn1CC. The number of rotatable bonds is 6. The van der Waals surface area contributed by atoms with Crippen molar-refractivity contribution in [3.63, 3.8) is 0 Å². The third-order valence-electron chi connectivity index (χ3n) is 4.63. The van der Waals surface area contributed by atoms with Gasteiger partial charge in [-0.3, -0.25) is 19.1 Å². The first-order chi connectivity index (χ1) is 13.0. The molecule has 9 heteroatoms. The largest absolute Gasteiger partial charge is 0.357 e. The summed E-state index contributed by atoms with van der Waals surface area (Å²) in [4.78, 5) is 42.2. The maximum atomic E-state index is 13.0. The highest BCUT2D eigenvalue weighted by atomic mass is 16.2. The van der Waals surface area contributed by atoms with E-state index in [0.717, 1.165) is 0 Å². The predicted molar refractivity (Wildman–Crippen MR) is 98.1 cm³/mol. The molecule has 0 saturated carbocycles. The molecular weight excluding hydrogens is 348 g/mol. The molecule has 3 N–H and O–H groups in total. The third-order valence-corrected chi connectivity index (χ3v) is 4.63. The molecule has 3 rings (SSSR count). The normalized spacial score (nSPS) is 19.1. The number of carbonyl (C=O) groups is 3. The Morgan fingerprint density at radius 2 is 2.11 bits per heavy atom. The summed E-state index contributed by atoms with van der Waals surface area (Å²) in [6.45, 7) is 5.02. The maximum absolute atomic E-state index is 13.0. The number of likely N-dealkylation sites (N-methyl/N-ethyl adjacent to an activating group) is 1. The fourth-order valence-electron chi connectivity index (χ4n) is 3.35. The lowest BCUT2D eigenvalue weighted by Gasteiger charge is -2.23. The highest BCUT2D eigenvalue weighted by Crippen LogP contribution is 2.21. The molecule has 0 radical (unpaired) electrons. The zero-order valence-corrected chi connectivity index (χ0v) is 15.4. The smallest absolute Gasteiger partial charge is 0.272 e. The summed E-state index contributed by atoms with van der Waals surface area (Å²) in [7, 11) is 0. The molecule has 3 heterocycles. The average Bonchev–Trinajstić information content (AvgIpc) is 3.40. The minimum absolute atomic E-state index is 0.218. The van der Waals surface area contributed by atoms with Crippen LogP contribution in [0, 0.1) is 0 Å². The second-order valence-corrected chi connectivity index (χ2v) is 6.39. The molecule has 9 nitrogen and oxygen atoms in total. The van der Waals surface area contributed by atoms with Crippen LogP contribution in [0.5, 0.6) is 0 Å². The third kappa shape index (κ3) is 3.86. The number of nitrogens with zero attached hydrogens (tertiary/aromatic N) is 3. The second kappa shape index (κ2) is 8.07. The number of hydrogen-bond donors (Lipinski definition) is 3. The molecule has 2 aromatic rings. The van der Waals surface area contributed by atoms with E-state index in [1.807, 2.05) is 13.8 Å². The van der Waals surface area contributed by atoms with E-state index in [9.17, 15) is 14.4 Å². The number of likely N-dealkylation sites (tertiary alicyclic amines) is 1. The van der Waals surface area contributed by atoms with Crippen LogP contribution in [-0.4, -0.2) is 62.6 Å². The van der Waals surface area contributed by atoms with Gasteiger partial charge in [0.1, 0.15) is 17.4 Å². The summed E-state index contributed by atoms with van der Waals surface area (Å²) in [5, 5.41) is 9.80. The van der Waals surface area contributed by atoms with Gasteiger partial charge in [-0.2, -0.15) is 5.10 Å². The van der Waals surface area contributed by atoms with Gasteiger partial charge < -0.3 is 20.5 Å². The van der Waals surface area contributed by atoms with Crippen molar-refractivity contribution in [3.8, 4) is 0 Å². The van der Waals surface area contributed by atoms with Crippen molar-refractivity contribution in [1.82, 2.24) is 30.3 Å². The molecule has 0 aromatic carbocycles. The van der Waals surface area contributed by atoms with Crippen LogP contribution >= 0.6 is 0 Å². The highest BCUT2D eigenvalue weighted by molar-refractivity contribution is 5.97. The molecule has 1 aliphatic rings. The molecule has 144 valence electrons. The van der Waals surface area contributed by atoms with E-state index in [4.69, 9.17) is 0 Å². The Hall–Kier alpha value is -3.10. The Kier molecular flexibility index (Phi) is 5.58. The van der Waals surface area contributed by atoms with Crippen LogP contribution in [0.15, 0.2) is 30.6 Å². The van der Waals surface area contributed by atoms with Crippen LogP contribution in [0.4, 0.5) is 0 Å². The Labute approximate surface area is 157 Å². The summed E-state index contributed by atoms with van der Waals surface area (Å²) in [5.41, 5.74) is 0.876. The zero-order chi connectivity index (χ0) is 19.4. The van der Waals surface area contributed by atoms with Crippen LogP contribution in [-0.2, 0) is 11.3 Å². The van der Waals surface area contributed by atoms with E-state index < -0.39 is 6.04 Å². The van der Waals surface area contributed by atoms with Crippen molar-refractivity contribution in [3.05, 3.63) is 42.0 Å². The summed E-state index contributed by atoms with van der Waals surface area (Å²) in [6.07, 6.45) is 3.60. The number of aryl methyl sites for hydroxylation is 1. The van der Waals surface area contributed by atoms with Crippen LogP contribution in [0.2, 0.25) is 0 Å². The maximum Gasteiger partial charge on any atom is 0.272 e. The van der Waals surface area contributed by atoms with Crippen molar-refractivity contribution in [2.45, 2.75) is 38.9 Å². The predicted octanol–water partition coefficient (Wildman–Crippen LogP) is 0.380. The molecule has 1 aliphatic heterocycles. The van der Waals surface area contributed by atoms with Crippen LogP contribution < -0.4 is 10.6 Å². The van der Waals surface area contributed by atoms with Crippen molar-refractivity contribution < 1.29 is 14.4 Å². The molecule has 0 spiro atoms. The lowest BCUT2D eigenvalue weighted by molar-refractivity contribution is -0.124. The number of aromatic nitrogens is 3. The van der Waals surface area contributed by atoms with Gasteiger partial charge in [0.25, 0.3) is 11.8 Å². The van der Waals surface area contributed by atoms with E-state index in [1.54, 1.807) is 35.3 Å². The van der Waals surface area contributed by atoms with Gasteiger partial charge in [0.05, 0.1) is 0 Å². The van der Waals surface area contributed by atoms with Crippen LogP contribution in [0.3, 0.4) is 0 Å². The topological polar surface area (TPSA) is 112 Å². The Balaban J connectivity index is 1.78. The number of carbonyl (C=O) groups excluding carboxylic acids is 3. The fraction of sp³-hybridized carbons (Fsp3) is 0.444. The van der Waals surface area contributed by atoms with E-state index in [0.29, 0.717) is 30.9 Å². The summed E-state index contributed by atoms with van der Waals surface area (Å²) >= 11 is 0. The standard InChI is InChI=1S/C18H24N6O3/c1-3-19-17(26)15-10-12(22-16(25)13-6-5-8-20-13)11-23(15)18(27)14-7-9-21-24(14)4-2/h5-9,12,15,20H,3-4,10-11H2,1-2H3,(H,19,26)(H,22,25)/t12-,15-/m0/s1. The minimum Gasteiger partial charge on any atom is -0.357 e. The molecule has 0 aliphatic carbocycles. The molecule has 27 heavy (non-hydrogen) atoms. The summed E-state index contributed by atoms with van der Waals surface area (Å²) < 4.78 is 1.60. The number of hydrogen-bond acceptors (Lipinski definition) is 4. The van der Waals surface area contributed by atoms with Crippen LogP contribution in [0.25, 0.3) is 0 Å². The Bertz CT molecular complexity index is 813. The lowest BCUT2D eigenvalue weighted by Crippen LogP contribution is -2.46. The van der Waals surface area contributed by atoms with Crippen molar-refractivity contribution in [2.24, 2.45) is 0 Å². The molecule has 1 fully saturated rings. The molecule has 0 bridgehead atoms. The first-order valence-electron chi connectivity index (χ1n) is 9.09. The van der Waals surface area contributed by atoms with Gasteiger partial charge in [0, 0.05) is 38.1 Å². The molecule has 2 aromatic heterocycles. The van der Waals surface area contributed by atoms with Gasteiger partial charge in [-0.25, -0.2) is 0 Å². The van der Waals surface area contributed by atoms with E-state index >= 15 is 0 Å². The van der Waals surface area contributed by atoms with E-state index in [2.05, 4.69) is 20.7 Å². The number of H-pyrrole nitrogens is 1. The summed E-state index contributed by atoms with van der Waals surface area (Å²) in [6, 6.07) is 4.12. The van der Waals surface area contributed by atoms with Gasteiger partial charge in [-0.15, -0.1) is 0 Å². The monoisotopic (exact) mass is 372 g/mol. The van der Waals surface area contributed by atoms with Crippen molar-refractivity contribution in [1.29, 1.82) is 0 Å². The molecular formula is C18H24N6O3. The second-order valence-electron chi connectivity index (χ2n) is 6.39. The molecule has 3 amide bonds. The highest BCUT2D eigenvalue weighted by Gasteiger charge is 2.41. The zero-order valence-electron chi connectivity index (χ0n) is 15.4. The molecule has 0 unspecified atom stereocenters. The van der Waals surface area contributed by atoms with Crippen LogP contribution in [0.1, 0.15) is 41.2 Å². The van der Waals surface area contributed by atoms with Gasteiger partial charge in [0.2, 0.25) is 5.91 Å². The van der Waals surface area contributed by atoms with Crippen molar-refractivity contribution >= 4 is 17.7 Å². The van der Waals surface area contributed by atoms with Gasteiger partial charge >= 0.3 is 0 Å². The van der Waals surface area contributed by atoms with Gasteiger partial charge in [-0.05, 0) is 38.5 Å².